The van der Waals surface area contributed by atoms with Crippen LogP contribution in [0.2, 0.25) is 5.02 Å². The lowest BCUT2D eigenvalue weighted by atomic mass is 10.2. The zero-order valence-corrected chi connectivity index (χ0v) is 14.0. The zero-order valence-electron chi connectivity index (χ0n) is 13.2. The van der Waals surface area contributed by atoms with Gasteiger partial charge in [-0.2, -0.15) is 4.98 Å². The fourth-order valence-corrected chi connectivity index (χ4v) is 2.60. The summed E-state index contributed by atoms with van der Waals surface area (Å²) in [6.45, 7) is 0. The molecule has 5 nitrogen and oxygen atoms in total. The minimum Gasteiger partial charge on any atom is -0.351 e. The molecule has 1 saturated carbocycles. The van der Waals surface area contributed by atoms with Gasteiger partial charge in [0.25, 0.3) is 0 Å². The van der Waals surface area contributed by atoms with Crippen molar-refractivity contribution >= 4 is 29.1 Å². The Bertz CT molecular complexity index is 879. The van der Waals surface area contributed by atoms with Gasteiger partial charge in [-0.1, -0.05) is 17.7 Å². The van der Waals surface area contributed by atoms with Crippen LogP contribution in [0.25, 0.3) is 11.3 Å². The maximum atomic E-state index is 14.1. The average Bonchev–Trinajstić information content (AvgIpc) is 3.43. The summed E-state index contributed by atoms with van der Waals surface area (Å²) in [5.41, 5.74) is 1.74. The Hall–Kier alpha value is -2.73. The van der Waals surface area contributed by atoms with Crippen molar-refractivity contribution in [2.45, 2.75) is 18.9 Å². The first-order valence-corrected chi connectivity index (χ1v) is 8.34. The van der Waals surface area contributed by atoms with E-state index in [9.17, 15) is 4.39 Å². The van der Waals surface area contributed by atoms with E-state index in [1.54, 1.807) is 30.6 Å². The van der Waals surface area contributed by atoms with Gasteiger partial charge in [-0.15, -0.1) is 0 Å². The fourth-order valence-electron chi connectivity index (χ4n) is 2.39. The molecule has 1 fully saturated rings. The van der Waals surface area contributed by atoms with Gasteiger partial charge in [0.2, 0.25) is 5.95 Å². The Labute approximate surface area is 149 Å². The van der Waals surface area contributed by atoms with Crippen LogP contribution < -0.4 is 10.6 Å². The molecule has 0 aliphatic heterocycles. The summed E-state index contributed by atoms with van der Waals surface area (Å²) in [6.07, 6.45) is 5.63. The average molecular weight is 356 g/mol. The fraction of sp³-hybridized carbons (Fsp3) is 0.167. The van der Waals surface area contributed by atoms with Crippen molar-refractivity contribution < 1.29 is 4.39 Å². The van der Waals surface area contributed by atoms with Crippen molar-refractivity contribution in [3.63, 3.8) is 0 Å². The molecule has 3 aromatic rings. The number of rotatable bonds is 5. The second kappa shape index (κ2) is 6.64. The highest BCUT2D eigenvalue weighted by molar-refractivity contribution is 6.33. The number of anilines is 3. The molecule has 4 rings (SSSR count). The van der Waals surface area contributed by atoms with Gasteiger partial charge in [0.1, 0.15) is 11.6 Å². The normalized spacial score (nSPS) is 13.5. The third kappa shape index (κ3) is 3.69. The van der Waals surface area contributed by atoms with E-state index in [1.807, 2.05) is 12.1 Å². The number of halogens is 2. The minimum atomic E-state index is -0.439. The topological polar surface area (TPSA) is 62.7 Å². The van der Waals surface area contributed by atoms with Gasteiger partial charge in [0.15, 0.2) is 0 Å². The van der Waals surface area contributed by atoms with Crippen LogP contribution in [0.5, 0.6) is 0 Å². The summed E-state index contributed by atoms with van der Waals surface area (Å²) in [5.74, 6) is 0.522. The van der Waals surface area contributed by atoms with Gasteiger partial charge in [-0.05, 0) is 37.1 Å². The van der Waals surface area contributed by atoms with E-state index in [-0.39, 0.29) is 5.69 Å². The van der Waals surface area contributed by atoms with E-state index < -0.39 is 5.82 Å². The summed E-state index contributed by atoms with van der Waals surface area (Å²) in [7, 11) is 0. The molecule has 7 heteroatoms. The molecule has 2 heterocycles. The lowest BCUT2D eigenvalue weighted by molar-refractivity contribution is 0.632. The number of hydrogen-bond donors (Lipinski definition) is 2. The second-order valence-electron chi connectivity index (χ2n) is 5.84. The van der Waals surface area contributed by atoms with Crippen LogP contribution in [-0.2, 0) is 0 Å². The second-order valence-corrected chi connectivity index (χ2v) is 6.25. The number of hydrogen-bond acceptors (Lipinski definition) is 5. The number of nitrogens with one attached hydrogen (secondary N) is 2. The van der Waals surface area contributed by atoms with Crippen molar-refractivity contribution in [3.8, 4) is 11.3 Å². The van der Waals surface area contributed by atoms with Gasteiger partial charge in [-0.3, -0.25) is 4.98 Å². The molecule has 0 radical (unpaired) electrons. The smallest absolute Gasteiger partial charge is 0.225 e. The Morgan fingerprint density at radius 1 is 1.12 bits per heavy atom. The SMILES string of the molecule is Fc1cccc(Cl)c1Nc1cc(-c2cccnc2)nc(NC2CC2)n1. The number of para-hydroxylation sites is 1. The number of aromatic nitrogens is 3. The third-order valence-electron chi connectivity index (χ3n) is 3.81. The largest absolute Gasteiger partial charge is 0.351 e. The third-order valence-corrected chi connectivity index (χ3v) is 4.12. The predicted molar refractivity (Wildman–Crippen MR) is 96.6 cm³/mol. The van der Waals surface area contributed by atoms with Gasteiger partial charge >= 0.3 is 0 Å². The van der Waals surface area contributed by atoms with Crippen molar-refractivity contribution in [2.24, 2.45) is 0 Å². The van der Waals surface area contributed by atoms with E-state index in [1.165, 1.54) is 6.07 Å². The van der Waals surface area contributed by atoms with Crippen LogP contribution in [-0.4, -0.2) is 21.0 Å². The number of benzene rings is 1. The molecular formula is C18H15ClFN5. The molecule has 1 aliphatic carbocycles. The van der Waals surface area contributed by atoms with Crippen LogP contribution in [0, 0.1) is 5.82 Å². The van der Waals surface area contributed by atoms with Crippen LogP contribution in [0.15, 0.2) is 48.8 Å². The zero-order chi connectivity index (χ0) is 17.2. The summed E-state index contributed by atoms with van der Waals surface area (Å²) < 4.78 is 14.1. The lowest BCUT2D eigenvalue weighted by Crippen LogP contribution is -2.08. The van der Waals surface area contributed by atoms with Crippen LogP contribution in [0.4, 0.5) is 21.8 Å². The molecule has 2 aromatic heterocycles. The summed E-state index contributed by atoms with van der Waals surface area (Å²) in [5, 5.41) is 6.53. The van der Waals surface area contributed by atoms with E-state index in [0.717, 1.165) is 18.4 Å². The monoisotopic (exact) mass is 355 g/mol. The maximum Gasteiger partial charge on any atom is 0.225 e. The quantitative estimate of drug-likeness (QED) is 0.697. The van der Waals surface area contributed by atoms with Gasteiger partial charge in [0.05, 0.1) is 16.4 Å². The highest BCUT2D eigenvalue weighted by Gasteiger charge is 2.22. The van der Waals surface area contributed by atoms with Crippen molar-refractivity contribution in [2.75, 3.05) is 10.6 Å². The Morgan fingerprint density at radius 3 is 2.72 bits per heavy atom. The molecule has 0 atom stereocenters. The Balaban J connectivity index is 1.73. The number of pyridine rings is 1. The summed E-state index contributed by atoms with van der Waals surface area (Å²) in [4.78, 5) is 13.1. The van der Waals surface area contributed by atoms with E-state index >= 15 is 0 Å². The lowest BCUT2D eigenvalue weighted by Gasteiger charge is -2.12. The van der Waals surface area contributed by atoms with Crippen molar-refractivity contribution in [1.29, 1.82) is 0 Å². The first-order chi connectivity index (χ1) is 12.2. The summed E-state index contributed by atoms with van der Waals surface area (Å²) in [6, 6.07) is 10.4. The molecule has 1 aliphatic rings. The molecular weight excluding hydrogens is 341 g/mol. The minimum absolute atomic E-state index is 0.192. The van der Waals surface area contributed by atoms with Gasteiger partial charge in [0, 0.05) is 30.1 Å². The van der Waals surface area contributed by atoms with Crippen molar-refractivity contribution in [3.05, 3.63) is 59.6 Å². The molecule has 1 aromatic carbocycles. The molecule has 0 bridgehead atoms. The van der Waals surface area contributed by atoms with Crippen molar-refractivity contribution in [1.82, 2.24) is 15.0 Å². The standard InChI is InChI=1S/C18H15ClFN5/c19-13-4-1-5-14(20)17(13)24-16-9-15(11-3-2-8-21-10-11)23-18(25-16)22-12-6-7-12/h1-5,8-10,12H,6-7H2,(H2,22,23,24,25). The predicted octanol–water partition coefficient (Wildman–Crippen LogP) is 4.65. The van der Waals surface area contributed by atoms with Crippen LogP contribution >= 0.6 is 11.6 Å². The maximum absolute atomic E-state index is 14.1. The first-order valence-electron chi connectivity index (χ1n) is 7.96. The molecule has 2 N–H and O–H groups in total. The molecule has 0 amide bonds. The molecule has 126 valence electrons. The van der Waals surface area contributed by atoms with Gasteiger partial charge < -0.3 is 10.6 Å². The summed E-state index contributed by atoms with van der Waals surface area (Å²) >= 11 is 6.10. The van der Waals surface area contributed by atoms with E-state index in [4.69, 9.17) is 11.6 Å². The van der Waals surface area contributed by atoms with Crippen LogP contribution in [0.3, 0.4) is 0 Å². The van der Waals surface area contributed by atoms with E-state index in [0.29, 0.717) is 28.5 Å². The van der Waals surface area contributed by atoms with Crippen LogP contribution in [0.1, 0.15) is 12.8 Å². The van der Waals surface area contributed by atoms with Gasteiger partial charge in [-0.25, -0.2) is 9.37 Å². The number of nitrogens with zero attached hydrogens (tertiary/aromatic N) is 3. The highest BCUT2D eigenvalue weighted by atomic mass is 35.5. The molecule has 25 heavy (non-hydrogen) atoms. The van der Waals surface area contributed by atoms with E-state index in [2.05, 4.69) is 25.6 Å². The highest BCUT2D eigenvalue weighted by Crippen LogP contribution is 2.30. The molecule has 0 saturated heterocycles. The molecule has 0 spiro atoms. The Kier molecular flexibility index (Phi) is 4.19. The first kappa shape index (κ1) is 15.8. The Morgan fingerprint density at radius 2 is 2.00 bits per heavy atom. The molecule has 0 unspecified atom stereocenters.